The lowest BCUT2D eigenvalue weighted by atomic mass is 9.95. The lowest BCUT2D eigenvalue weighted by Crippen LogP contribution is -2.51. The molecule has 1 aromatic heterocycles. The molecular weight excluding hydrogens is 378 g/mol. The van der Waals surface area contributed by atoms with E-state index in [1.807, 2.05) is 12.1 Å². The van der Waals surface area contributed by atoms with Gasteiger partial charge in [-0.3, -0.25) is 14.6 Å². The molecule has 1 aliphatic carbocycles. The molecule has 2 fully saturated rings. The van der Waals surface area contributed by atoms with E-state index in [0.717, 1.165) is 44.6 Å². The van der Waals surface area contributed by atoms with Crippen molar-refractivity contribution in [2.45, 2.75) is 58.0 Å². The van der Waals surface area contributed by atoms with Crippen LogP contribution >= 0.6 is 0 Å². The summed E-state index contributed by atoms with van der Waals surface area (Å²) in [7, 11) is 0. The molecule has 2 heterocycles. The summed E-state index contributed by atoms with van der Waals surface area (Å²) in [6.45, 7) is 8.20. The van der Waals surface area contributed by atoms with E-state index in [1.54, 1.807) is 0 Å². The lowest BCUT2D eigenvalue weighted by molar-refractivity contribution is -0.123. The van der Waals surface area contributed by atoms with E-state index >= 15 is 0 Å². The van der Waals surface area contributed by atoms with Crippen LogP contribution < -0.4 is 5.32 Å². The fourth-order valence-electron chi connectivity index (χ4n) is 4.41. The Morgan fingerprint density at radius 1 is 1.13 bits per heavy atom. The largest absolute Gasteiger partial charge is 0.352 e. The van der Waals surface area contributed by atoms with Crippen molar-refractivity contribution in [1.29, 1.82) is 0 Å². The number of piperazine rings is 1. The van der Waals surface area contributed by atoms with Gasteiger partial charge in [-0.2, -0.15) is 4.98 Å². The summed E-state index contributed by atoms with van der Waals surface area (Å²) >= 11 is 0. The molecule has 2 aliphatic rings. The first-order valence-corrected chi connectivity index (χ1v) is 11.2. The second kappa shape index (κ2) is 9.71. The minimum atomic E-state index is 0.0647. The number of carbonyl (C=O) groups is 1. The van der Waals surface area contributed by atoms with E-state index in [1.165, 1.54) is 24.8 Å². The number of amides is 1. The van der Waals surface area contributed by atoms with E-state index in [-0.39, 0.29) is 11.9 Å². The SMILES string of the molecule is Cc1ccc(-c2noc(C(C)N3CCN(CC(=O)NC4CCCCC4)CC3)n2)cc1. The number of aryl methyl sites for hydroxylation is 1. The Labute approximate surface area is 178 Å². The molecular formula is C23H33N5O2. The Kier molecular flexibility index (Phi) is 6.79. The Hall–Kier alpha value is -2.25. The van der Waals surface area contributed by atoms with E-state index in [4.69, 9.17) is 4.52 Å². The molecule has 30 heavy (non-hydrogen) atoms. The third-order valence-corrected chi connectivity index (χ3v) is 6.40. The fourth-order valence-corrected chi connectivity index (χ4v) is 4.41. The third-order valence-electron chi connectivity index (χ3n) is 6.40. The fraction of sp³-hybridized carbons (Fsp3) is 0.609. The van der Waals surface area contributed by atoms with Crippen molar-refractivity contribution in [3.05, 3.63) is 35.7 Å². The van der Waals surface area contributed by atoms with Crippen LogP contribution in [0, 0.1) is 6.92 Å². The van der Waals surface area contributed by atoms with Crippen LogP contribution in [0.25, 0.3) is 11.4 Å². The molecule has 1 aromatic carbocycles. The predicted octanol–water partition coefficient (Wildman–Crippen LogP) is 3.17. The molecule has 1 aliphatic heterocycles. The molecule has 1 saturated heterocycles. The molecule has 1 unspecified atom stereocenters. The van der Waals surface area contributed by atoms with E-state index < -0.39 is 0 Å². The summed E-state index contributed by atoms with van der Waals surface area (Å²) in [5.41, 5.74) is 2.18. The van der Waals surface area contributed by atoms with Gasteiger partial charge in [0.25, 0.3) is 0 Å². The van der Waals surface area contributed by atoms with Crippen molar-refractivity contribution in [2.75, 3.05) is 32.7 Å². The Bertz CT molecular complexity index is 820. The number of hydrogen-bond donors (Lipinski definition) is 1. The molecule has 4 rings (SSSR count). The third kappa shape index (κ3) is 5.26. The maximum absolute atomic E-state index is 12.4. The Balaban J connectivity index is 1.25. The summed E-state index contributed by atoms with van der Waals surface area (Å²) in [6, 6.07) is 8.59. The van der Waals surface area contributed by atoms with Gasteiger partial charge in [-0.05, 0) is 26.7 Å². The second-order valence-corrected chi connectivity index (χ2v) is 8.71. The predicted molar refractivity (Wildman–Crippen MR) is 116 cm³/mol. The summed E-state index contributed by atoms with van der Waals surface area (Å²) in [5, 5.41) is 7.39. The summed E-state index contributed by atoms with van der Waals surface area (Å²) in [4.78, 5) is 21.6. The highest BCUT2D eigenvalue weighted by molar-refractivity contribution is 5.78. The molecule has 0 spiro atoms. The highest BCUT2D eigenvalue weighted by Crippen LogP contribution is 2.24. The van der Waals surface area contributed by atoms with E-state index in [2.05, 4.69) is 51.2 Å². The first kappa shape index (κ1) is 21.0. The minimum absolute atomic E-state index is 0.0647. The first-order chi connectivity index (χ1) is 14.6. The number of hydrogen-bond acceptors (Lipinski definition) is 6. The van der Waals surface area contributed by atoms with Gasteiger partial charge < -0.3 is 9.84 Å². The normalized spacial score (nSPS) is 20.2. The number of benzene rings is 1. The summed E-state index contributed by atoms with van der Waals surface area (Å²) < 4.78 is 5.56. The van der Waals surface area contributed by atoms with Crippen molar-refractivity contribution in [1.82, 2.24) is 25.3 Å². The quantitative estimate of drug-likeness (QED) is 0.787. The van der Waals surface area contributed by atoms with Gasteiger partial charge in [0.1, 0.15) is 0 Å². The van der Waals surface area contributed by atoms with Crippen LogP contribution in [-0.2, 0) is 4.79 Å². The van der Waals surface area contributed by atoms with E-state index in [9.17, 15) is 4.79 Å². The second-order valence-electron chi connectivity index (χ2n) is 8.71. The van der Waals surface area contributed by atoms with Crippen molar-refractivity contribution >= 4 is 5.91 Å². The van der Waals surface area contributed by atoms with Crippen LogP contribution in [0.3, 0.4) is 0 Å². The van der Waals surface area contributed by atoms with Crippen molar-refractivity contribution in [3.63, 3.8) is 0 Å². The van der Waals surface area contributed by atoms with Crippen LogP contribution in [0.2, 0.25) is 0 Å². The van der Waals surface area contributed by atoms with Gasteiger partial charge in [-0.1, -0.05) is 54.2 Å². The van der Waals surface area contributed by atoms with Gasteiger partial charge in [-0.15, -0.1) is 0 Å². The number of carbonyl (C=O) groups excluding carboxylic acids is 1. The average molecular weight is 412 g/mol. The van der Waals surface area contributed by atoms with Gasteiger partial charge in [0.05, 0.1) is 12.6 Å². The molecule has 1 N–H and O–H groups in total. The topological polar surface area (TPSA) is 74.5 Å². The van der Waals surface area contributed by atoms with Crippen molar-refractivity contribution in [3.8, 4) is 11.4 Å². The van der Waals surface area contributed by atoms with Crippen LogP contribution in [0.5, 0.6) is 0 Å². The molecule has 1 amide bonds. The molecule has 0 radical (unpaired) electrons. The average Bonchev–Trinajstić information content (AvgIpc) is 3.25. The zero-order chi connectivity index (χ0) is 20.9. The number of rotatable bonds is 6. The molecule has 7 nitrogen and oxygen atoms in total. The zero-order valence-electron chi connectivity index (χ0n) is 18.1. The number of nitrogens with one attached hydrogen (secondary N) is 1. The standard InChI is InChI=1S/C23H33N5O2/c1-17-8-10-19(11-9-17)22-25-23(30-26-22)18(2)28-14-12-27(13-15-28)16-21(29)24-20-6-4-3-5-7-20/h8-11,18,20H,3-7,12-16H2,1-2H3,(H,24,29). The molecule has 2 aromatic rings. The van der Waals surface area contributed by atoms with Gasteiger partial charge >= 0.3 is 0 Å². The molecule has 162 valence electrons. The molecule has 0 bridgehead atoms. The van der Waals surface area contributed by atoms with Crippen LogP contribution in [0.15, 0.2) is 28.8 Å². The monoisotopic (exact) mass is 411 g/mol. The Morgan fingerprint density at radius 3 is 2.53 bits per heavy atom. The highest BCUT2D eigenvalue weighted by Gasteiger charge is 2.27. The smallest absolute Gasteiger partial charge is 0.244 e. The van der Waals surface area contributed by atoms with Gasteiger partial charge in [0.2, 0.25) is 17.6 Å². The van der Waals surface area contributed by atoms with Gasteiger partial charge in [-0.25, -0.2) is 0 Å². The number of nitrogens with zero attached hydrogens (tertiary/aromatic N) is 4. The molecule has 1 atom stereocenters. The van der Waals surface area contributed by atoms with E-state index in [0.29, 0.717) is 24.3 Å². The van der Waals surface area contributed by atoms with Crippen LogP contribution in [0.4, 0.5) is 0 Å². The van der Waals surface area contributed by atoms with Gasteiger partial charge in [0, 0.05) is 37.8 Å². The maximum atomic E-state index is 12.4. The maximum Gasteiger partial charge on any atom is 0.244 e. The Morgan fingerprint density at radius 2 is 1.83 bits per heavy atom. The highest BCUT2D eigenvalue weighted by atomic mass is 16.5. The summed E-state index contributed by atoms with van der Waals surface area (Å²) in [6.07, 6.45) is 6.04. The number of aromatic nitrogens is 2. The summed E-state index contributed by atoms with van der Waals surface area (Å²) in [5.74, 6) is 1.45. The lowest BCUT2D eigenvalue weighted by Gasteiger charge is -2.36. The minimum Gasteiger partial charge on any atom is -0.352 e. The van der Waals surface area contributed by atoms with Crippen LogP contribution in [-0.4, -0.2) is 64.6 Å². The van der Waals surface area contributed by atoms with Crippen molar-refractivity contribution in [2.24, 2.45) is 0 Å². The zero-order valence-corrected chi connectivity index (χ0v) is 18.1. The molecule has 1 saturated carbocycles. The van der Waals surface area contributed by atoms with Crippen molar-refractivity contribution < 1.29 is 9.32 Å². The first-order valence-electron chi connectivity index (χ1n) is 11.2. The van der Waals surface area contributed by atoms with Gasteiger partial charge in [0.15, 0.2) is 0 Å². The molecule has 7 heteroatoms. The van der Waals surface area contributed by atoms with Crippen LogP contribution in [0.1, 0.15) is 56.5 Å².